The van der Waals surface area contributed by atoms with E-state index in [1.165, 1.54) is 25.3 Å². The second-order valence-corrected chi connectivity index (χ2v) is 8.59. The number of methoxy groups -OCH3 is 1. The summed E-state index contributed by atoms with van der Waals surface area (Å²) < 4.78 is 15.1. The number of hydrogen-bond donors (Lipinski definition) is 1. The Morgan fingerprint density at radius 2 is 1.83 bits per heavy atom. The predicted octanol–water partition coefficient (Wildman–Crippen LogP) is 3.22. The normalized spacial score (nSPS) is 13.9. The Hall–Kier alpha value is -3.70. The number of nitro benzene ring substituents is 1. The number of benzene rings is 2. The number of carbonyl (C=O) groups is 2. The molecule has 0 bridgehead atoms. The molecule has 1 aliphatic rings. The van der Waals surface area contributed by atoms with Gasteiger partial charge in [0.1, 0.15) is 12.3 Å². The molecule has 0 aromatic heterocycles. The molecule has 1 fully saturated rings. The van der Waals surface area contributed by atoms with Gasteiger partial charge >= 0.3 is 11.9 Å². The van der Waals surface area contributed by atoms with Crippen LogP contribution >= 0.6 is 0 Å². The van der Waals surface area contributed by atoms with Crippen molar-refractivity contribution in [2.45, 2.75) is 20.0 Å². The summed E-state index contributed by atoms with van der Waals surface area (Å²) in [6, 6.07) is 11.8. The summed E-state index contributed by atoms with van der Waals surface area (Å²) >= 11 is 0. The van der Waals surface area contributed by atoms with E-state index in [0.29, 0.717) is 5.69 Å². The summed E-state index contributed by atoms with van der Waals surface area (Å²) in [5, 5.41) is 14.8. The van der Waals surface area contributed by atoms with Gasteiger partial charge in [0, 0.05) is 50.7 Å². The predicted molar refractivity (Wildman–Crippen MR) is 135 cm³/mol. The van der Waals surface area contributed by atoms with Crippen molar-refractivity contribution >= 4 is 34.7 Å². The highest BCUT2D eigenvalue weighted by molar-refractivity contribution is 5.91. The van der Waals surface area contributed by atoms with Gasteiger partial charge in [-0.2, -0.15) is 0 Å². The molecule has 1 aliphatic heterocycles. The third-order valence-corrected chi connectivity index (χ3v) is 5.53. The van der Waals surface area contributed by atoms with Gasteiger partial charge in [-0.3, -0.25) is 19.8 Å². The maximum absolute atomic E-state index is 12.2. The van der Waals surface area contributed by atoms with Gasteiger partial charge < -0.3 is 24.4 Å². The molecule has 0 unspecified atom stereocenters. The Bertz CT molecular complexity index is 1070. The number of carbonyl (C=O) groups excluding carboxylic acids is 2. The van der Waals surface area contributed by atoms with Crippen LogP contribution in [0.2, 0.25) is 0 Å². The van der Waals surface area contributed by atoms with Gasteiger partial charge in [0.2, 0.25) is 0 Å². The topological polar surface area (TPSA) is 123 Å². The van der Waals surface area contributed by atoms with Gasteiger partial charge in [0.15, 0.2) is 0 Å². The molecule has 11 nitrogen and oxygen atoms in total. The number of anilines is 3. The van der Waals surface area contributed by atoms with Gasteiger partial charge in [-0.25, -0.2) is 4.79 Å². The van der Waals surface area contributed by atoms with Gasteiger partial charge in [-0.05, 0) is 44.2 Å². The zero-order chi connectivity index (χ0) is 26.1. The summed E-state index contributed by atoms with van der Waals surface area (Å²) in [7, 11) is 1.49. The van der Waals surface area contributed by atoms with Crippen LogP contribution in [0, 0.1) is 10.1 Å². The van der Waals surface area contributed by atoms with E-state index in [1.807, 2.05) is 38.1 Å². The van der Waals surface area contributed by atoms with Gasteiger partial charge in [-0.15, -0.1) is 0 Å². The van der Waals surface area contributed by atoms with E-state index in [-0.39, 0.29) is 48.8 Å². The fourth-order valence-electron chi connectivity index (χ4n) is 3.80. The molecule has 11 heteroatoms. The lowest BCUT2D eigenvalue weighted by atomic mass is 10.1. The molecule has 2 aromatic carbocycles. The van der Waals surface area contributed by atoms with Gasteiger partial charge in [0.25, 0.3) is 5.69 Å². The summed E-state index contributed by atoms with van der Waals surface area (Å²) in [5.41, 5.74) is 1.76. The smallest absolute Gasteiger partial charge is 0.338 e. The SMILES string of the molecule is COCCOC(=O)c1ccc(Nc2cccc(N3CCN(CC(=O)OC(C)C)CC3)c2)c([N+](=O)[O-])c1. The molecule has 1 heterocycles. The molecule has 0 amide bonds. The van der Waals surface area contributed by atoms with Crippen molar-refractivity contribution < 1.29 is 28.7 Å². The number of rotatable bonds is 11. The van der Waals surface area contributed by atoms with E-state index in [0.717, 1.165) is 31.9 Å². The number of nitro groups is 1. The summed E-state index contributed by atoms with van der Waals surface area (Å²) in [4.78, 5) is 39.5. The molecule has 1 N–H and O–H groups in total. The third-order valence-electron chi connectivity index (χ3n) is 5.53. The van der Waals surface area contributed by atoms with Crippen molar-refractivity contribution in [2.75, 3.05) is 63.3 Å². The lowest BCUT2D eigenvalue weighted by Crippen LogP contribution is -2.48. The Kier molecular flexibility index (Phi) is 9.60. The van der Waals surface area contributed by atoms with E-state index < -0.39 is 10.9 Å². The molecule has 194 valence electrons. The molecule has 36 heavy (non-hydrogen) atoms. The Balaban J connectivity index is 1.65. The van der Waals surface area contributed by atoms with Crippen molar-refractivity contribution in [3.05, 3.63) is 58.1 Å². The zero-order valence-electron chi connectivity index (χ0n) is 20.8. The standard InChI is InChI=1S/C25H32N4O7/c1-18(2)36-24(30)17-27-9-11-28(12-10-27)21-6-4-5-20(16-21)26-22-8-7-19(15-23(22)29(32)33)25(31)35-14-13-34-3/h4-8,15-16,18,26H,9-14,17H2,1-3H3. The number of piperazine rings is 1. The molecule has 0 aliphatic carbocycles. The molecule has 2 aromatic rings. The van der Waals surface area contributed by atoms with Gasteiger partial charge in [0.05, 0.1) is 29.7 Å². The third kappa shape index (κ3) is 7.65. The van der Waals surface area contributed by atoms with Crippen LogP contribution in [0.15, 0.2) is 42.5 Å². The second kappa shape index (κ2) is 12.8. The number of nitrogens with zero attached hydrogens (tertiary/aromatic N) is 3. The average Bonchev–Trinajstić information content (AvgIpc) is 2.84. The highest BCUT2D eigenvalue weighted by atomic mass is 16.6. The second-order valence-electron chi connectivity index (χ2n) is 8.59. The van der Waals surface area contributed by atoms with E-state index in [9.17, 15) is 19.7 Å². The minimum Gasteiger partial charge on any atom is -0.462 e. The number of hydrogen-bond acceptors (Lipinski definition) is 10. The Labute approximate surface area is 210 Å². The van der Waals surface area contributed by atoms with Crippen LogP contribution in [0.25, 0.3) is 0 Å². The minimum atomic E-state index is -0.652. The molecule has 3 rings (SSSR count). The number of ether oxygens (including phenoxy) is 3. The largest absolute Gasteiger partial charge is 0.462 e. The van der Waals surface area contributed by atoms with Crippen LogP contribution in [0.1, 0.15) is 24.2 Å². The van der Waals surface area contributed by atoms with Crippen LogP contribution in [-0.2, 0) is 19.0 Å². The number of nitrogens with one attached hydrogen (secondary N) is 1. The van der Waals surface area contributed by atoms with Crippen molar-refractivity contribution in [3.8, 4) is 0 Å². The van der Waals surface area contributed by atoms with Crippen molar-refractivity contribution in [2.24, 2.45) is 0 Å². The monoisotopic (exact) mass is 500 g/mol. The van der Waals surface area contributed by atoms with E-state index in [4.69, 9.17) is 14.2 Å². The van der Waals surface area contributed by atoms with Crippen LogP contribution in [0.3, 0.4) is 0 Å². The lowest BCUT2D eigenvalue weighted by Gasteiger charge is -2.35. The molecule has 0 saturated carbocycles. The van der Waals surface area contributed by atoms with E-state index in [1.54, 1.807) is 0 Å². The average molecular weight is 501 g/mol. The highest BCUT2D eigenvalue weighted by Gasteiger charge is 2.22. The van der Waals surface area contributed by atoms with Crippen LogP contribution in [-0.4, -0.2) is 80.9 Å². The summed E-state index contributed by atoms with van der Waals surface area (Å²) in [5.74, 6) is -0.874. The molecular weight excluding hydrogens is 468 g/mol. The Morgan fingerprint density at radius 1 is 1.08 bits per heavy atom. The zero-order valence-corrected chi connectivity index (χ0v) is 20.8. The summed E-state index contributed by atoms with van der Waals surface area (Å²) in [6.45, 7) is 7.15. The van der Waals surface area contributed by atoms with Crippen LogP contribution in [0.5, 0.6) is 0 Å². The first kappa shape index (κ1) is 26.9. The van der Waals surface area contributed by atoms with Crippen molar-refractivity contribution in [1.82, 2.24) is 4.90 Å². The molecule has 1 saturated heterocycles. The Morgan fingerprint density at radius 3 is 2.50 bits per heavy atom. The highest BCUT2D eigenvalue weighted by Crippen LogP contribution is 2.30. The summed E-state index contributed by atoms with van der Waals surface area (Å²) in [6.07, 6.45) is -0.129. The number of esters is 2. The minimum absolute atomic E-state index is 0.0617. The first-order valence-corrected chi connectivity index (χ1v) is 11.7. The molecule has 0 atom stereocenters. The van der Waals surface area contributed by atoms with E-state index in [2.05, 4.69) is 15.1 Å². The maximum Gasteiger partial charge on any atom is 0.338 e. The molecular formula is C25H32N4O7. The lowest BCUT2D eigenvalue weighted by molar-refractivity contribution is -0.383. The van der Waals surface area contributed by atoms with Gasteiger partial charge in [-0.1, -0.05) is 6.07 Å². The van der Waals surface area contributed by atoms with Crippen LogP contribution in [0.4, 0.5) is 22.7 Å². The van der Waals surface area contributed by atoms with Crippen LogP contribution < -0.4 is 10.2 Å². The fraction of sp³-hybridized carbons (Fsp3) is 0.440. The quantitative estimate of drug-likeness (QED) is 0.213. The van der Waals surface area contributed by atoms with E-state index >= 15 is 0 Å². The van der Waals surface area contributed by atoms with Crippen molar-refractivity contribution in [3.63, 3.8) is 0 Å². The maximum atomic E-state index is 12.2. The first-order chi connectivity index (χ1) is 17.3. The van der Waals surface area contributed by atoms with Crippen molar-refractivity contribution in [1.29, 1.82) is 0 Å². The fourth-order valence-corrected chi connectivity index (χ4v) is 3.80. The first-order valence-electron chi connectivity index (χ1n) is 11.7. The molecule has 0 spiro atoms. The molecule has 0 radical (unpaired) electrons.